The number of Topliss-reactive ketones (excluding diaryl/α,β-unsaturated/α-hetero) is 1. The minimum absolute atomic E-state index is 0.0891. The Hall–Kier alpha value is -2.36. The third-order valence-corrected chi connectivity index (χ3v) is 3.22. The number of ketones is 1. The molecular formula is C13H7N3O. The minimum atomic E-state index is 0.0891. The van der Waals surface area contributed by atoms with Crippen LogP contribution in [-0.2, 0) is 0 Å². The van der Waals surface area contributed by atoms with E-state index in [4.69, 9.17) is 0 Å². The number of azo groups is 1. The van der Waals surface area contributed by atoms with Crippen molar-refractivity contribution in [2.24, 2.45) is 15.2 Å². The molecule has 1 aliphatic carbocycles. The van der Waals surface area contributed by atoms with Crippen molar-refractivity contribution in [3.05, 3.63) is 52.7 Å². The molecule has 1 aromatic rings. The summed E-state index contributed by atoms with van der Waals surface area (Å²) in [6.45, 7) is 0. The predicted molar refractivity (Wildman–Crippen MR) is 62.7 cm³/mol. The Kier molecular flexibility index (Phi) is 1.47. The number of amidine groups is 1. The molecule has 0 atom stereocenters. The number of nitrogens with zero attached hydrogens (tertiary/aromatic N) is 3. The van der Waals surface area contributed by atoms with E-state index in [1.165, 1.54) is 0 Å². The van der Waals surface area contributed by atoms with Crippen LogP contribution in [0.25, 0.3) is 5.70 Å². The standard InChI is InChI=1S/C13H7N3O/c17-12-9-4-2-1-3-8(9)11-10(12)5-7-6-14-16-13(7)15-11/h1-4,6H,5H2. The van der Waals surface area contributed by atoms with Crippen LogP contribution in [0.4, 0.5) is 0 Å². The lowest BCUT2D eigenvalue weighted by Crippen LogP contribution is -2.07. The Morgan fingerprint density at radius 1 is 1.12 bits per heavy atom. The first-order valence-corrected chi connectivity index (χ1v) is 5.41. The van der Waals surface area contributed by atoms with Gasteiger partial charge in [0, 0.05) is 28.7 Å². The van der Waals surface area contributed by atoms with Gasteiger partial charge in [-0.15, -0.1) is 5.11 Å². The first kappa shape index (κ1) is 8.75. The summed E-state index contributed by atoms with van der Waals surface area (Å²) in [5, 5.41) is 7.78. The van der Waals surface area contributed by atoms with Crippen molar-refractivity contribution in [3.63, 3.8) is 0 Å². The van der Waals surface area contributed by atoms with Gasteiger partial charge in [-0.25, -0.2) is 4.99 Å². The summed E-state index contributed by atoms with van der Waals surface area (Å²) in [5.74, 6) is 0.736. The molecule has 3 aliphatic rings. The second-order valence-electron chi connectivity index (χ2n) is 4.18. The van der Waals surface area contributed by atoms with Gasteiger partial charge >= 0.3 is 0 Å². The van der Waals surface area contributed by atoms with E-state index in [0.717, 1.165) is 28.0 Å². The van der Waals surface area contributed by atoms with Gasteiger partial charge in [-0.3, -0.25) is 4.79 Å². The monoisotopic (exact) mass is 221 g/mol. The highest BCUT2D eigenvalue weighted by atomic mass is 16.1. The number of hydrogen-bond acceptors (Lipinski definition) is 4. The van der Waals surface area contributed by atoms with Crippen molar-refractivity contribution >= 4 is 17.3 Å². The predicted octanol–water partition coefficient (Wildman–Crippen LogP) is 2.75. The molecule has 0 bridgehead atoms. The van der Waals surface area contributed by atoms with Crippen molar-refractivity contribution in [2.75, 3.05) is 0 Å². The summed E-state index contributed by atoms with van der Waals surface area (Å²) in [6, 6.07) is 7.58. The molecule has 2 heterocycles. The van der Waals surface area contributed by atoms with Crippen LogP contribution in [0.5, 0.6) is 0 Å². The van der Waals surface area contributed by atoms with Crippen molar-refractivity contribution in [1.82, 2.24) is 0 Å². The molecule has 0 saturated heterocycles. The number of allylic oxidation sites excluding steroid dienone is 1. The molecule has 4 heteroatoms. The molecule has 4 rings (SSSR count). The van der Waals surface area contributed by atoms with Crippen LogP contribution in [-0.4, -0.2) is 11.6 Å². The molecule has 4 nitrogen and oxygen atoms in total. The van der Waals surface area contributed by atoms with Crippen LogP contribution < -0.4 is 0 Å². The summed E-state index contributed by atoms with van der Waals surface area (Å²) in [4.78, 5) is 16.6. The van der Waals surface area contributed by atoms with Gasteiger partial charge in [0.25, 0.3) is 0 Å². The Bertz CT molecular complexity index is 692. The summed E-state index contributed by atoms with van der Waals surface area (Å²) in [6.07, 6.45) is 2.27. The molecule has 0 radical (unpaired) electrons. The third-order valence-electron chi connectivity index (χ3n) is 3.22. The summed E-state index contributed by atoms with van der Waals surface area (Å²) < 4.78 is 0. The van der Waals surface area contributed by atoms with Gasteiger partial charge in [0.05, 0.1) is 11.9 Å². The van der Waals surface area contributed by atoms with E-state index in [9.17, 15) is 4.79 Å². The number of benzene rings is 1. The summed E-state index contributed by atoms with van der Waals surface area (Å²) >= 11 is 0. The van der Waals surface area contributed by atoms with Crippen LogP contribution in [0, 0.1) is 0 Å². The Morgan fingerprint density at radius 3 is 2.82 bits per heavy atom. The van der Waals surface area contributed by atoms with Crippen molar-refractivity contribution in [2.45, 2.75) is 6.42 Å². The Balaban J connectivity index is 1.98. The maximum Gasteiger partial charge on any atom is 0.192 e. The summed E-state index contributed by atoms with van der Waals surface area (Å²) in [7, 11) is 0. The Labute approximate surface area is 97.1 Å². The lowest BCUT2D eigenvalue weighted by Gasteiger charge is -2.10. The molecule has 0 unspecified atom stereocenters. The van der Waals surface area contributed by atoms with Gasteiger partial charge in [0.2, 0.25) is 0 Å². The number of fused-ring (bicyclic) bond motifs is 3. The Morgan fingerprint density at radius 2 is 1.94 bits per heavy atom. The summed E-state index contributed by atoms with van der Waals surface area (Å²) in [5.41, 5.74) is 4.15. The van der Waals surface area contributed by atoms with Gasteiger partial charge < -0.3 is 0 Å². The van der Waals surface area contributed by atoms with E-state index in [-0.39, 0.29) is 5.78 Å². The maximum absolute atomic E-state index is 12.2. The second kappa shape index (κ2) is 2.85. The zero-order valence-corrected chi connectivity index (χ0v) is 8.84. The molecule has 0 spiro atoms. The normalized spacial score (nSPS) is 19.9. The zero-order valence-electron chi connectivity index (χ0n) is 8.84. The molecule has 0 fully saturated rings. The van der Waals surface area contributed by atoms with Crippen LogP contribution >= 0.6 is 0 Å². The number of hydrogen-bond donors (Lipinski definition) is 0. The molecule has 80 valence electrons. The van der Waals surface area contributed by atoms with Crippen LogP contribution in [0.1, 0.15) is 22.3 Å². The van der Waals surface area contributed by atoms with Gasteiger partial charge in [-0.1, -0.05) is 24.3 Å². The average Bonchev–Trinajstić information content (AvgIpc) is 2.92. The molecular weight excluding hydrogens is 214 g/mol. The fraction of sp³-hybridized carbons (Fsp3) is 0.0769. The van der Waals surface area contributed by atoms with Gasteiger partial charge in [-0.2, -0.15) is 5.11 Å². The quantitative estimate of drug-likeness (QED) is 0.664. The molecule has 17 heavy (non-hydrogen) atoms. The van der Waals surface area contributed by atoms with E-state index in [1.54, 1.807) is 6.20 Å². The van der Waals surface area contributed by atoms with Gasteiger partial charge in [0.1, 0.15) is 0 Å². The van der Waals surface area contributed by atoms with E-state index in [1.807, 2.05) is 24.3 Å². The van der Waals surface area contributed by atoms with Gasteiger partial charge in [0.15, 0.2) is 11.6 Å². The fourth-order valence-corrected chi connectivity index (χ4v) is 2.40. The van der Waals surface area contributed by atoms with Crippen LogP contribution in [0.15, 0.2) is 56.8 Å². The van der Waals surface area contributed by atoms with E-state index >= 15 is 0 Å². The number of rotatable bonds is 0. The first-order chi connectivity index (χ1) is 8.34. The minimum Gasteiger partial charge on any atom is -0.289 e. The topological polar surface area (TPSA) is 54.1 Å². The average molecular weight is 221 g/mol. The smallest absolute Gasteiger partial charge is 0.192 e. The molecule has 0 saturated carbocycles. The highest BCUT2D eigenvalue weighted by molar-refractivity contribution is 6.24. The van der Waals surface area contributed by atoms with Crippen molar-refractivity contribution in [3.8, 4) is 0 Å². The fourth-order valence-electron chi connectivity index (χ4n) is 2.40. The van der Waals surface area contributed by atoms with Crippen molar-refractivity contribution < 1.29 is 4.79 Å². The van der Waals surface area contributed by atoms with E-state index < -0.39 is 0 Å². The zero-order chi connectivity index (χ0) is 11.4. The molecule has 2 aliphatic heterocycles. The highest BCUT2D eigenvalue weighted by Crippen LogP contribution is 2.40. The number of aliphatic imine (C=N–C) groups is 1. The van der Waals surface area contributed by atoms with Gasteiger partial charge in [-0.05, 0) is 0 Å². The molecule has 0 aromatic heterocycles. The van der Waals surface area contributed by atoms with Crippen LogP contribution in [0.2, 0.25) is 0 Å². The first-order valence-electron chi connectivity index (χ1n) is 5.41. The molecule has 1 aromatic carbocycles. The maximum atomic E-state index is 12.2. The van der Waals surface area contributed by atoms with Crippen LogP contribution in [0.3, 0.4) is 0 Å². The highest BCUT2D eigenvalue weighted by Gasteiger charge is 2.34. The lowest BCUT2D eigenvalue weighted by atomic mass is 10.00. The van der Waals surface area contributed by atoms with Crippen molar-refractivity contribution in [1.29, 1.82) is 0 Å². The SMILES string of the molecule is O=C1C2=C(N=C3N=NC=C3C2)c2ccccc21. The van der Waals surface area contributed by atoms with E-state index in [2.05, 4.69) is 15.2 Å². The molecule has 0 N–H and O–H groups in total. The largest absolute Gasteiger partial charge is 0.289 e. The third kappa shape index (κ3) is 1.02. The van der Waals surface area contributed by atoms with E-state index in [0.29, 0.717) is 12.3 Å². The number of carbonyl (C=O) groups is 1. The lowest BCUT2D eigenvalue weighted by molar-refractivity contribution is 0.103. The molecule has 0 amide bonds. The number of carbonyl (C=O) groups excluding carboxylic acids is 1. The second-order valence-corrected chi connectivity index (χ2v) is 4.18.